The number of hydrogen-bond acceptors (Lipinski definition) is 6. The van der Waals surface area contributed by atoms with Gasteiger partial charge in [0.1, 0.15) is 11.9 Å². The van der Waals surface area contributed by atoms with Crippen LogP contribution in [-0.2, 0) is 20.7 Å². The van der Waals surface area contributed by atoms with E-state index in [1.165, 1.54) is 4.90 Å². The average molecular weight is 508 g/mol. The highest BCUT2D eigenvalue weighted by Gasteiger charge is 2.42. The van der Waals surface area contributed by atoms with E-state index in [0.717, 1.165) is 5.56 Å². The molecule has 0 saturated heterocycles. The number of rotatable bonds is 7. The van der Waals surface area contributed by atoms with Gasteiger partial charge >= 0.3 is 6.09 Å². The van der Waals surface area contributed by atoms with Gasteiger partial charge in [-0.15, -0.1) is 0 Å². The van der Waals surface area contributed by atoms with E-state index in [1.54, 1.807) is 50.5 Å². The summed E-state index contributed by atoms with van der Waals surface area (Å²) in [5.74, 6) is -0.608. The second kappa shape index (κ2) is 11.0. The fraction of sp³-hybridized carbons (Fsp3) is 0.391. The molecule has 0 unspecified atom stereocenters. The number of nitrogens with one attached hydrogen (secondary N) is 3. The Morgan fingerprint density at radius 1 is 1.12 bits per heavy atom. The molecule has 0 bridgehead atoms. The summed E-state index contributed by atoms with van der Waals surface area (Å²) < 4.78 is 5.62. The SMILES string of the molecule is CN[C@@H](C)C(=O)N[C@H](C(=O)N1c2ncccc2C[C@@H]1OC(=O)Nc1c(Cl)cccc1Cl)C(C)C. The third-order valence-electron chi connectivity index (χ3n) is 5.51. The van der Waals surface area contributed by atoms with Crippen LogP contribution in [0.4, 0.5) is 16.3 Å². The van der Waals surface area contributed by atoms with Crippen molar-refractivity contribution in [2.45, 2.75) is 45.5 Å². The number of benzene rings is 1. The molecule has 0 aliphatic carbocycles. The van der Waals surface area contributed by atoms with Crippen LogP contribution in [0.1, 0.15) is 26.3 Å². The molecule has 9 nitrogen and oxygen atoms in total. The number of carbonyl (C=O) groups excluding carboxylic acids is 3. The van der Waals surface area contributed by atoms with Gasteiger partial charge in [0.25, 0.3) is 5.91 Å². The Kier molecular flexibility index (Phi) is 8.35. The fourth-order valence-corrected chi connectivity index (χ4v) is 4.00. The number of carbonyl (C=O) groups is 3. The van der Waals surface area contributed by atoms with Crippen LogP contribution in [0.5, 0.6) is 0 Å². The van der Waals surface area contributed by atoms with Crippen molar-refractivity contribution in [1.29, 1.82) is 0 Å². The van der Waals surface area contributed by atoms with E-state index in [0.29, 0.717) is 5.82 Å². The van der Waals surface area contributed by atoms with E-state index in [1.807, 2.05) is 13.8 Å². The van der Waals surface area contributed by atoms with E-state index in [2.05, 4.69) is 20.9 Å². The van der Waals surface area contributed by atoms with E-state index >= 15 is 0 Å². The van der Waals surface area contributed by atoms with Crippen LogP contribution in [0, 0.1) is 5.92 Å². The third kappa shape index (κ3) is 5.60. The summed E-state index contributed by atoms with van der Waals surface area (Å²) in [6.45, 7) is 5.34. The van der Waals surface area contributed by atoms with Crippen molar-refractivity contribution in [3.05, 3.63) is 52.1 Å². The third-order valence-corrected chi connectivity index (χ3v) is 6.14. The predicted molar refractivity (Wildman–Crippen MR) is 131 cm³/mol. The Labute approximate surface area is 208 Å². The monoisotopic (exact) mass is 507 g/mol. The molecule has 182 valence electrons. The maximum Gasteiger partial charge on any atom is 0.413 e. The van der Waals surface area contributed by atoms with E-state index in [9.17, 15) is 14.4 Å². The van der Waals surface area contributed by atoms with Crippen LogP contribution in [0.25, 0.3) is 0 Å². The molecule has 1 aliphatic heterocycles. The lowest BCUT2D eigenvalue weighted by atomic mass is 10.0. The molecular formula is C23H27Cl2N5O4. The zero-order chi connectivity index (χ0) is 25.0. The number of nitrogens with zero attached hydrogens (tertiary/aromatic N) is 2. The van der Waals surface area contributed by atoms with Crippen LogP contribution in [0.3, 0.4) is 0 Å². The number of pyridine rings is 1. The van der Waals surface area contributed by atoms with Gasteiger partial charge in [-0.1, -0.05) is 49.2 Å². The lowest BCUT2D eigenvalue weighted by Gasteiger charge is -2.31. The smallest absolute Gasteiger partial charge is 0.413 e. The van der Waals surface area contributed by atoms with Crippen molar-refractivity contribution in [2.75, 3.05) is 17.3 Å². The summed E-state index contributed by atoms with van der Waals surface area (Å²) in [6.07, 6.45) is -0.0143. The Morgan fingerprint density at radius 2 is 1.79 bits per heavy atom. The van der Waals surface area contributed by atoms with Crippen LogP contribution >= 0.6 is 23.2 Å². The summed E-state index contributed by atoms with van der Waals surface area (Å²) in [7, 11) is 1.66. The molecule has 2 heterocycles. The number of ether oxygens (including phenoxy) is 1. The first-order chi connectivity index (χ1) is 16.1. The molecule has 1 aliphatic rings. The first-order valence-electron chi connectivity index (χ1n) is 10.8. The van der Waals surface area contributed by atoms with E-state index < -0.39 is 30.3 Å². The molecule has 0 saturated carbocycles. The van der Waals surface area contributed by atoms with Crippen LogP contribution in [0.2, 0.25) is 10.0 Å². The minimum Gasteiger partial charge on any atom is -0.424 e. The number of para-hydroxylation sites is 1. The number of halogens is 2. The van der Waals surface area contributed by atoms with Crippen molar-refractivity contribution in [2.24, 2.45) is 5.92 Å². The van der Waals surface area contributed by atoms with Crippen molar-refractivity contribution in [3.8, 4) is 0 Å². The molecular weight excluding hydrogens is 481 g/mol. The minimum atomic E-state index is -0.974. The second-order valence-corrected chi connectivity index (χ2v) is 9.04. The number of hydrogen-bond donors (Lipinski definition) is 3. The van der Waals surface area contributed by atoms with Crippen LogP contribution in [0.15, 0.2) is 36.5 Å². The number of aromatic nitrogens is 1. The Balaban J connectivity index is 1.85. The normalized spacial score (nSPS) is 16.6. The lowest BCUT2D eigenvalue weighted by molar-refractivity contribution is -0.130. The minimum absolute atomic E-state index is 0.204. The van der Waals surface area contributed by atoms with Crippen molar-refractivity contribution in [1.82, 2.24) is 15.6 Å². The molecule has 0 radical (unpaired) electrons. The lowest BCUT2D eigenvalue weighted by Crippen LogP contribution is -2.56. The molecule has 1 aromatic heterocycles. The van der Waals surface area contributed by atoms with Crippen LogP contribution in [-0.4, -0.2) is 48.3 Å². The molecule has 2 aromatic rings. The molecule has 3 atom stereocenters. The Hall–Kier alpha value is -2.88. The zero-order valence-corrected chi connectivity index (χ0v) is 20.8. The fourth-order valence-electron chi connectivity index (χ4n) is 3.51. The largest absolute Gasteiger partial charge is 0.424 e. The highest BCUT2D eigenvalue weighted by molar-refractivity contribution is 6.39. The van der Waals surface area contributed by atoms with Crippen molar-refractivity contribution >= 4 is 52.6 Å². The molecule has 3 amide bonds. The Morgan fingerprint density at radius 3 is 2.41 bits per heavy atom. The summed E-state index contributed by atoms with van der Waals surface area (Å²) in [5, 5.41) is 8.67. The van der Waals surface area contributed by atoms with Gasteiger partial charge in [0, 0.05) is 18.2 Å². The highest BCUT2D eigenvalue weighted by atomic mass is 35.5. The number of amides is 3. The summed E-state index contributed by atoms with van der Waals surface area (Å²) in [5.41, 5.74) is 0.942. The number of anilines is 2. The molecule has 34 heavy (non-hydrogen) atoms. The summed E-state index contributed by atoms with van der Waals surface area (Å²) >= 11 is 12.3. The van der Waals surface area contributed by atoms with E-state index in [4.69, 9.17) is 27.9 Å². The molecule has 3 N–H and O–H groups in total. The van der Waals surface area contributed by atoms with Crippen LogP contribution < -0.4 is 20.9 Å². The number of fused-ring (bicyclic) bond motifs is 1. The quantitative estimate of drug-likeness (QED) is 0.527. The van der Waals surface area contributed by atoms with Gasteiger partial charge < -0.3 is 15.4 Å². The maximum atomic E-state index is 13.7. The molecule has 3 rings (SSSR count). The second-order valence-electron chi connectivity index (χ2n) is 8.22. The van der Waals surface area contributed by atoms with Crippen molar-refractivity contribution in [3.63, 3.8) is 0 Å². The Bertz CT molecular complexity index is 1060. The van der Waals surface area contributed by atoms with Gasteiger partial charge in [-0.3, -0.25) is 19.8 Å². The van der Waals surface area contributed by atoms with Gasteiger partial charge in [0.2, 0.25) is 5.91 Å². The maximum absolute atomic E-state index is 13.7. The van der Waals surface area contributed by atoms with Gasteiger partial charge in [0.15, 0.2) is 6.23 Å². The zero-order valence-electron chi connectivity index (χ0n) is 19.3. The summed E-state index contributed by atoms with van der Waals surface area (Å²) in [6, 6.07) is 7.01. The first-order valence-corrected chi connectivity index (χ1v) is 11.6. The summed E-state index contributed by atoms with van der Waals surface area (Å²) in [4.78, 5) is 44.5. The standard InChI is InChI=1S/C23H27Cl2N5O4/c1-12(2)18(28-21(31)13(3)26-4)22(32)30-17(11-14-7-6-10-27-20(14)30)34-23(33)29-19-15(24)8-5-9-16(19)25/h5-10,12-13,17-18,26H,11H2,1-4H3,(H,28,31)(H,29,33)/t13-,17-,18-/m0/s1. The van der Waals surface area contributed by atoms with Gasteiger partial charge in [-0.2, -0.15) is 0 Å². The number of likely N-dealkylation sites (N-methyl/N-ethyl adjacent to an activating group) is 1. The van der Waals surface area contributed by atoms with Crippen molar-refractivity contribution < 1.29 is 19.1 Å². The molecule has 1 aromatic carbocycles. The van der Waals surface area contributed by atoms with Gasteiger partial charge in [-0.05, 0) is 38.1 Å². The molecule has 0 fully saturated rings. The molecule has 11 heteroatoms. The topological polar surface area (TPSA) is 113 Å². The van der Waals surface area contributed by atoms with E-state index in [-0.39, 0.29) is 34.0 Å². The molecule has 0 spiro atoms. The van der Waals surface area contributed by atoms with Gasteiger partial charge in [0.05, 0.1) is 21.8 Å². The van der Waals surface area contributed by atoms with Gasteiger partial charge in [-0.25, -0.2) is 9.78 Å². The predicted octanol–water partition coefficient (Wildman–Crippen LogP) is 3.60. The highest BCUT2D eigenvalue weighted by Crippen LogP contribution is 2.33. The first kappa shape index (κ1) is 25.7. The average Bonchev–Trinajstić information content (AvgIpc) is 3.16.